The second kappa shape index (κ2) is 9.73. The van der Waals surface area contributed by atoms with Crippen LogP contribution in [-0.2, 0) is 11.8 Å². The van der Waals surface area contributed by atoms with Crippen LogP contribution >= 0.6 is 11.6 Å². The summed E-state index contributed by atoms with van der Waals surface area (Å²) in [5.41, 5.74) is -0.963. The average molecular weight is 505 g/mol. The van der Waals surface area contributed by atoms with Crippen molar-refractivity contribution in [2.75, 3.05) is 13.1 Å². The molecule has 4 rings (SSSR count). The van der Waals surface area contributed by atoms with E-state index in [1.54, 1.807) is 30.2 Å². The van der Waals surface area contributed by atoms with Crippen LogP contribution in [0.4, 0.5) is 13.2 Å². The first kappa shape index (κ1) is 24.8. The average Bonchev–Trinajstić information content (AvgIpc) is 3.25. The molecule has 10 heteroatoms. The van der Waals surface area contributed by atoms with Crippen LogP contribution in [0.15, 0.2) is 48.8 Å². The summed E-state index contributed by atoms with van der Waals surface area (Å²) in [6.07, 6.45) is 2.81. The lowest BCUT2D eigenvalue weighted by molar-refractivity contribution is -0.136. The van der Waals surface area contributed by atoms with E-state index in [1.807, 2.05) is 0 Å². The summed E-state index contributed by atoms with van der Waals surface area (Å²) in [6.45, 7) is 1.37. The Balaban J connectivity index is 1.43. The van der Waals surface area contributed by atoms with E-state index in [1.165, 1.54) is 42.2 Å². The molecular weight excluding hydrogens is 481 g/mol. The summed E-state index contributed by atoms with van der Waals surface area (Å²) in [4.78, 5) is 27.0. The Morgan fingerprint density at radius 1 is 1.11 bits per heavy atom. The van der Waals surface area contributed by atoms with Crippen molar-refractivity contribution in [3.63, 3.8) is 0 Å². The summed E-state index contributed by atoms with van der Waals surface area (Å²) >= 11 is 6.04. The molecule has 1 aliphatic rings. The van der Waals surface area contributed by atoms with Gasteiger partial charge in [-0.2, -0.15) is 5.10 Å². The van der Waals surface area contributed by atoms with E-state index in [2.05, 4.69) is 10.4 Å². The van der Waals surface area contributed by atoms with Gasteiger partial charge in [0.25, 0.3) is 11.8 Å². The number of carbonyl (C=O) groups is 2. The molecule has 6 nitrogen and oxygen atoms in total. The Kier molecular flexibility index (Phi) is 6.89. The fourth-order valence-corrected chi connectivity index (χ4v) is 4.55. The van der Waals surface area contributed by atoms with E-state index in [0.717, 1.165) is 5.56 Å². The highest BCUT2D eigenvalue weighted by Crippen LogP contribution is 2.31. The minimum absolute atomic E-state index is 0.0719. The normalized spacial score (nSPS) is 16.1. The first-order chi connectivity index (χ1) is 16.6. The van der Waals surface area contributed by atoms with Crippen LogP contribution in [0.3, 0.4) is 0 Å². The van der Waals surface area contributed by atoms with Crippen LogP contribution in [-0.4, -0.2) is 45.3 Å². The van der Waals surface area contributed by atoms with E-state index in [4.69, 9.17) is 11.6 Å². The zero-order valence-electron chi connectivity index (χ0n) is 19.2. The second-order valence-corrected chi connectivity index (χ2v) is 9.09. The molecule has 0 aliphatic carbocycles. The molecule has 1 saturated heterocycles. The van der Waals surface area contributed by atoms with Crippen molar-refractivity contribution < 1.29 is 22.8 Å². The predicted octanol–water partition coefficient (Wildman–Crippen LogP) is 4.84. The number of carbonyl (C=O) groups excluding carboxylic acids is 2. The highest BCUT2D eigenvalue weighted by atomic mass is 35.5. The molecule has 0 bridgehead atoms. The summed E-state index contributed by atoms with van der Waals surface area (Å²) in [5.74, 6) is -2.77. The molecule has 35 heavy (non-hydrogen) atoms. The number of benzene rings is 2. The largest absolute Gasteiger partial charge is 0.347 e. The number of alkyl halides is 1. The zero-order valence-corrected chi connectivity index (χ0v) is 20.0. The third-order valence-electron chi connectivity index (χ3n) is 6.27. The smallest absolute Gasteiger partial charge is 0.258 e. The SMILES string of the molecule is C[C@H](NC(=O)C1(F)CCN(C(=O)c2cc(-c3cnn(C)c3)ccc2F)CC1)c1c(F)cccc1Cl. The Labute approximate surface area is 205 Å². The van der Waals surface area contributed by atoms with Gasteiger partial charge >= 0.3 is 0 Å². The third kappa shape index (κ3) is 5.05. The molecule has 3 aromatic rings. The number of amides is 2. The van der Waals surface area contributed by atoms with Gasteiger partial charge in [-0.15, -0.1) is 0 Å². The summed E-state index contributed by atoms with van der Waals surface area (Å²) in [7, 11) is 1.75. The Morgan fingerprint density at radius 3 is 2.46 bits per heavy atom. The molecule has 1 aliphatic heterocycles. The van der Waals surface area contributed by atoms with E-state index in [-0.39, 0.29) is 42.1 Å². The van der Waals surface area contributed by atoms with Gasteiger partial charge in [0.1, 0.15) is 11.6 Å². The molecule has 0 saturated carbocycles. The Morgan fingerprint density at radius 2 is 1.83 bits per heavy atom. The summed E-state index contributed by atoms with van der Waals surface area (Å²) < 4.78 is 45.7. The molecule has 0 radical (unpaired) electrons. The van der Waals surface area contributed by atoms with Crippen LogP contribution in [0.25, 0.3) is 11.1 Å². The Bertz CT molecular complexity index is 1250. The lowest BCUT2D eigenvalue weighted by Crippen LogP contribution is -2.52. The van der Waals surface area contributed by atoms with Crippen LogP contribution in [0.2, 0.25) is 5.02 Å². The van der Waals surface area contributed by atoms with E-state index >= 15 is 4.39 Å². The van der Waals surface area contributed by atoms with Crippen molar-refractivity contribution in [1.29, 1.82) is 0 Å². The number of aromatic nitrogens is 2. The lowest BCUT2D eigenvalue weighted by atomic mass is 9.91. The monoisotopic (exact) mass is 504 g/mol. The number of hydrogen-bond acceptors (Lipinski definition) is 3. The third-order valence-corrected chi connectivity index (χ3v) is 6.60. The quantitative estimate of drug-likeness (QED) is 0.540. The molecule has 0 spiro atoms. The summed E-state index contributed by atoms with van der Waals surface area (Å²) in [5, 5.41) is 6.70. The second-order valence-electron chi connectivity index (χ2n) is 8.69. The van der Waals surface area contributed by atoms with Crippen molar-refractivity contribution in [1.82, 2.24) is 20.0 Å². The van der Waals surface area contributed by atoms with Gasteiger partial charge in [-0.05, 0) is 36.8 Å². The Hall–Kier alpha value is -3.33. The van der Waals surface area contributed by atoms with Gasteiger partial charge in [0.2, 0.25) is 0 Å². The molecule has 0 unspecified atom stereocenters. The number of likely N-dealkylation sites (tertiary alicyclic amines) is 1. The maximum absolute atomic E-state index is 15.5. The molecular formula is C25H24ClF3N4O2. The van der Waals surface area contributed by atoms with Gasteiger partial charge < -0.3 is 10.2 Å². The van der Waals surface area contributed by atoms with Gasteiger partial charge in [0.15, 0.2) is 5.67 Å². The highest BCUT2D eigenvalue weighted by molar-refractivity contribution is 6.31. The number of nitrogens with zero attached hydrogens (tertiary/aromatic N) is 3. The van der Waals surface area contributed by atoms with Gasteiger partial charge in [-0.25, -0.2) is 13.2 Å². The molecule has 1 aromatic heterocycles. The fraction of sp³-hybridized carbons (Fsp3) is 0.320. The minimum atomic E-state index is -2.25. The number of nitrogens with one attached hydrogen (secondary N) is 1. The maximum atomic E-state index is 15.5. The standard InChI is InChI=1S/C25H24ClF3N4O2/c1-15(22-19(26)4-3-5-21(22)28)31-24(35)25(29)8-10-33(11-9-25)23(34)18-12-16(6-7-20(18)27)17-13-30-32(2)14-17/h3-7,12-15H,8-11H2,1-2H3,(H,31,35)/t15-/m0/s1. The van der Waals surface area contributed by atoms with Crippen LogP contribution in [0.5, 0.6) is 0 Å². The molecule has 2 amide bonds. The van der Waals surface area contributed by atoms with Crippen molar-refractivity contribution in [3.05, 3.63) is 76.6 Å². The van der Waals surface area contributed by atoms with Crippen LogP contribution < -0.4 is 5.32 Å². The fourth-order valence-electron chi connectivity index (χ4n) is 4.22. The number of rotatable bonds is 5. The van der Waals surface area contributed by atoms with Crippen molar-refractivity contribution >= 4 is 23.4 Å². The molecule has 184 valence electrons. The summed E-state index contributed by atoms with van der Waals surface area (Å²) in [6, 6.07) is 7.49. The van der Waals surface area contributed by atoms with E-state index in [9.17, 15) is 18.4 Å². The van der Waals surface area contributed by atoms with Gasteiger partial charge in [-0.3, -0.25) is 14.3 Å². The first-order valence-electron chi connectivity index (χ1n) is 11.1. The predicted molar refractivity (Wildman–Crippen MR) is 126 cm³/mol. The number of halogens is 4. The lowest BCUT2D eigenvalue weighted by Gasteiger charge is -2.36. The van der Waals surface area contributed by atoms with Gasteiger partial charge in [0.05, 0.1) is 17.8 Å². The number of hydrogen-bond donors (Lipinski definition) is 1. The molecule has 2 aromatic carbocycles. The number of piperidine rings is 1. The van der Waals surface area contributed by atoms with Gasteiger partial charge in [-0.1, -0.05) is 23.7 Å². The minimum Gasteiger partial charge on any atom is -0.347 e. The zero-order chi connectivity index (χ0) is 25.3. The van der Waals surface area contributed by atoms with Crippen molar-refractivity contribution in [2.45, 2.75) is 31.5 Å². The van der Waals surface area contributed by atoms with Crippen molar-refractivity contribution in [3.8, 4) is 11.1 Å². The van der Waals surface area contributed by atoms with Gasteiger partial charge in [0, 0.05) is 55.3 Å². The molecule has 1 atom stereocenters. The van der Waals surface area contributed by atoms with E-state index in [0.29, 0.717) is 5.56 Å². The maximum Gasteiger partial charge on any atom is 0.258 e. The first-order valence-corrected chi connectivity index (χ1v) is 11.5. The van der Waals surface area contributed by atoms with Crippen LogP contribution in [0, 0.1) is 11.6 Å². The highest BCUT2D eigenvalue weighted by Gasteiger charge is 2.43. The molecule has 1 fully saturated rings. The topological polar surface area (TPSA) is 67.2 Å². The number of aryl methyl sites for hydroxylation is 1. The van der Waals surface area contributed by atoms with E-state index < -0.39 is 35.2 Å². The molecule has 2 heterocycles. The molecule has 1 N–H and O–H groups in total. The van der Waals surface area contributed by atoms with Crippen LogP contribution in [0.1, 0.15) is 41.7 Å². The van der Waals surface area contributed by atoms with Crippen molar-refractivity contribution in [2.24, 2.45) is 7.05 Å².